The van der Waals surface area contributed by atoms with Gasteiger partial charge in [0, 0.05) is 48.6 Å². The molecule has 2 N–H and O–H groups in total. The molecule has 0 atom stereocenters. The molecule has 3 heterocycles. The van der Waals surface area contributed by atoms with Crippen molar-refractivity contribution in [1.82, 2.24) is 20.2 Å². The first-order chi connectivity index (χ1) is 13.2. The van der Waals surface area contributed by atoms with Gasteiger partial charge in [-0.3, -0.25) is 14.6 Å². The van der Waals surface area contributed by atoms with E-state index in [1.165, 1.54) is 0 Å². The van der Waals surface area contributed by atoms with E-state index in [0.29, 0.717) is 25.1 Å². The molecule has 6 nitrogen and oxygen atoms in total. The van der Waals surface area contributed by atoms with Crippen LogP contribution in [0.5, 0.6) is 0 Å². The molecule has 1 aromatic carbocycles. The molecule has 0 aliphatic carbocycles. The number of pyridine rings is 1. The lowest BCUT2D eigenvalue weighted by atomic mass is 10.0. The fourth-order valence-corrected chi connectivity index (χ4v) is 3.59. The Labute approximate surface area is 157 Å². The molecule has 3 aromatic rings. The summed E-state index contributed by atoms with van der Waals surface area (Å²) in [6.45, 7) is 1.33. The molecule has 1 aliphatic heterocycles. The van der Waals surface area contributed by atoms with Gasteiger partial charge in [0.1, 0.15) is 0 Å². The summed E-state index contributed by atoms with van der Waals surface area (Å²) < 4.78 is 0. The van der Waals surface area contributed by atoms with E-state index in [9.17, 15) is 9.59 Å². The van der Waals surface area contributed by atoms with E-state index < -0.39 is 0 Å². The van der Waals surface area contributed by atoms with E-state index in [0.717, 1.165) is 29.3 Å². The van der Waals surface area contributed by atoms with Gasteiger partial charge in [-0.25, -0.2) is 0 Å². The van der Waals surface area contributed by atoms with E-state index in [4.69, 9.17) is 0 Å². The summed E-state index contributed by atoms with van der Waals surface area (Å²) in [6.07, 6.45) is 7.07. The molecule has 27 heavy (non-hydrogen) atoms. The van der Waals surface area contributed by atoms with Gasteiger partial charge in [0.15, 0.2) is 0 Å². The Bertz CT molecular complexity index is 943. The number of nitrogens with zero attached hydrogens (tertiary/aromatic N) is 2. The predicted molar refractivity (Wildman–Crippen MR) is 103 cm³/mol. The maximum atomic E-state index is 12.7. The van der Waals surface area contributed by atoms with Gasteiger partial charge in [-0.05, 0) is 36.6 Å². The van der Waals surface area contributed by atoms with Gasteiger partial charge in [0.2, 0.25) is 5.91 Å². The molecule has 1 fully saturated rings. The second-order valence-electron chi connectivity index (χ2n) is 6.91. The maximum absolute atomic E-state index is 12.7. The number of amides is 2. The lowest BCUT2D eigenvalue weighted by molar-refractivity contribution is -0.131. The summed E-state index contributed by atoms with van der Waals surface area (Å²) in [5.41, 5.74) is 2.65. The van der Waals surface area contributed by atoms with Crippen LogP contribution in [0.2, 0.25) is 0 Å². The van der Waals surface area contributed by atoms with Crippen LogP contribution in [0.25, 0.3) is 10.9 Å². The molecule has 4 rings (SSSR count). The number of likely N-dealkylation sites (tertiary alicyclic amines) is 1. The van der Waals surface area contributed by atoms with Gasteiger partial charge in [-0.15, -0.1) is 0 Å². The summed E-state index contributed by atoms with van der Waals surface area (Å²) >= 11 is 0. The van der Waals surface area contributed by atoms with Gasteiger partial charge in [-0.1, -0.05) is 18.2 Å². The monoisotopic (exact) mass is 362 g/mol. The van der Waals surface area contributed by atoms with Crippen LogP contribution in [0, 0.1) is 0 Å². The highest BCUT2D eigenvalue weighted by Crippen LogP contribution is 2.20. The average Bonchev–Trinajstić information content (AvgIpc) is 3.12. The number of benzene rings is 1. The average molecular weight is 362 g/mol. The van der Waals surface area contributed by atoms with Gasteiger partial charge in [0.05, 0.1) is 12.0 Å². The Hall–Kier alpha value is -3.15. The van der Waals surface area contributed by atoms with Crippen LogP contribution in [-0.4, -0.2) is 45.8 Å². The Balaban J connectivity index is 1.31. The fraction of sp³-hybridized carbons (Fsp3) is 0.286. The zero-order chi connectivity index (χ0) is 18.6. The molecule has 0 spiro atoms. The highest BCUT2D eigenvalue weighted by atomic mass is 16.2. The van der Waals surface area contributed by atoms with E-state index >= 15 is 0 Å². The van der Waals surface area contributed by atoms with E-state index in [-0.39, 0.29) is 17.9 Å². The summed E-state index contributed by atoms with van der Waals surface area (Å²) in [4.78, 5) is 34.0. The van der Waals surface area contributed by atoms with Crippen molar-refractivity contribution in [1.29, 1.82) is 0 Å². The SMILES string of the molecule is O=C(NC1CCN(C(=O)Cc2c[nH]c3ccccc23)CC1)c1cccnc1. The molecular weight excluding hydrogens is 340 g/mol. The van der Waals surface area contributed by atoms with Crippen LogP contribution in [0.3, 0.4) is 0 Å². The number of carbonyl (C=O) groups is 2. The number of carbonyl (C=O) groups excluding carboxylic acids is 2. The zero-order valence-electron chi connectivity index (χ0n) is 15.0. The van der Waals surface area contributed by atoms with Gasteiger partial charge >= 0.3 is 0 Å². The van der Waals surface area contributed by atoms with Gasteiger partial charge in [-0.2, -0.15) is 0 Å². The maximum Gasteiger partial charge on any atom is 0.253 e. The summed E-state index contributed by atoms with van der Waals surface area (Å²) in [5.74, 6) is 0.0310. The Morgan fingerprint density at radius 1 is 1.15 bits per heavy atom. The van der Waals surface area contributed by atoms with Crippen LogP contribution in [-0.2, 0) is 11.2 Å². The van der Waals surface area contributed by atoms with Crippen LogP contribution >= 0.6 is 0 Å². The molecule has 1 aliphatic rings. The first kappa shape index (κ1) is 17.3. The summed E-state index contributed by atoms with van der Waals surface area (Å²) in [5, 5.41) is 4.14. The quantitative estimate of drug-likeness (QED) is 0.749. The Kier molecular flexibility index (Phi) is 4.87. The molecule has 0 unspecified atom stereocenters. The third-order valence-corrected chi connectivity index (χ3v) is 5.12. The minimum atomic E-state index is -0.105. The number of para-hydroxylation sites is 1. The lowest BCUT2D eigenvalue weighted by Gasteiger charge is -2.32. The number of fused-ring (bicyclic) bond motifs is 1. The number of aromatic nitrogens is 2. The van der Waals surface area contributed by atoms with Crippen molar-refractivity contribution in [2.75, 3.05) is 13.1 Å². The number of aromatic amines is 1. The van der Waals surface area contributed by atoms with Crippen molar-refractivity contribution < 1.29 is 9.59 Å². The molecule has 2 amide bonds. The minimum Gasteiger partial charge on any atom is -0.361 e. The van der Waals surface area contributed by atoms with Crippen LogP contribution in [0.4, 0.5) is 0 Å². The minimum absolute atomic E-state index is 0.0924. The van der Waals surface area contributed by atoms with Crippen LogP contribution in [0.1, 0.15) is 28.8 Å². The standard InChI is InChI=1S/C21H22N4O2/c26-20(12-16-14-23-19-6-2-1-5-18(16)19)25-10-7-17(8-11-25)24-21(27)15-4-3-9-22-13-15/h1-6,9,13-14,17,23H,7-8,10-12H2,(H,24,27). The van der Waals surface area contributed by atoms with E-state index in [1.807, 2.05) is 35.4 Å². The predicted octanol–water partition coefficient (Wildman–Crippen LogP) is 2.53. The summed E-state index contributed by atoms with van der Waals surface area (Å²) in [7, 11) is 0. The zero-order valence-corrected chi connectivity index (χ0v) is 15.0. The van der Waals surface area contributed by atoms with Crippen LogP contribution in [0.15, 0.2) is 55.0 Å². The normalized spacial score (nSPS) is 15.0. The molecule has 1 saturated heterocycles. The van der Waals surface area contributed by atoms with Crippen molar-refractivity contribution in [3.05, 3.63) is 66.1 Å². The number of hydrogen-bond donors (Lipinski definition) is 2. The fourth-order valence-electron chi connectivity index (χ4n) is 3.59. The van der Waals surface area contributed by atoms with Crippen LogP contribution < -0.4 is 5.32 Å². The highest BCUT2D eigenvalue weighted by molar-refractivity contribution is 5.94. The number of H-pyrrole nitrogens is 1. The number of nitrogens with one attached hydrogen (secondary N) is 2. The Morgan fingerprint density at radius 2 is 1.96 bits per heavy atom. The largest absolute Gasteiger partial charge is 0.361 e. The van der Waals surface area contributed by atoms with Gasteiger partial charge in [0.25, 0.3) is 5.91 Å². The second-order valence-corrected chi connectivity index (χ2v) is 6.91. The molecular formula is C21H22N4O2. The lowest BCUT2D eigenvalue weighted by Crippen LogP contribution is -2.47. The topological polar surface area (TPSA) is 78.1 Å². The smallest absolute Gasteiger partial charge is 0.253 e. The third-order valence-electron chi connectivity index (χ3n) is 5.12. The summed E-state index contributed by atoms with van der Waals surface area (Å²) in [6, 6.07) is 11.6. The third kappa shape index (κ3) is 3.84. The Morgan fingerprint density at radius 3 is 2.74 bits per heavy atom. The molecule has 0 bridgehead atoms. The second kappa shape index (κ2) is 7.61. The van der Waals surface area contributed by atoms with Gasteiger partial charge < -0.3 is 15.2 Å². The molecule has 0 saturated carbocycles. The van der Waals surface area contributed by atoms with E-state index in [1.54, 1.807) is 24.5 Å². The van der Waals surface area contributed by atoms with E-state index in [2.05, 4.69) is 15.3 Å². The molecule has 6 heteroatoms. The number of hydrogen-bond acceptors (Lipinski definition) is 3. The molecule has 138 valence electrons. The highest BCUT2D eigenvalue weighted by Gasteiger charge is 2.24. The van der Waals surface area contributed by atoms with Crippen molar-refractivity contribution in [2.24, 2.45) is 0 Å². The van der Waals surface area contributed by atoms with Crippen molar-refractivity contribution in [3.8, 4) is 0 Å². The number of rotatable bonds is 4. The molecule has 2 aromatic heterocycles. The van der Waals surface area contributed by atoms with Crippen molar-refractivity contribution >= 4 is 22.7 Å². The van der Waals surface area contributed by atoms with Crippen molar-refractivity contribution in [3.63, 3.8) is 0 Å². The first-order valence-electron chi connectivity index (χ1n) is 9.24. The number of piperidine rings is 1. The van der Waals surface area contributed by atoms with Crippen molar-refractivity contribution in [2.45, 2.75) is 25.3 Å². The molecule has 0 radical (unpaired) electrons. The first-order valence-corrected chi connectivity index (χ1v) is 9.24.